The van der Waals surface area contributed by atoms with E-state index in [1.54, 1.807) is 0 Å². The molecule has 2 aliphatic carbocycles. The Bertz CT molecular complexity index is 376. The second kappa shape index (κ2) is 10.8. The highest BCUT2D eigenvalue weighted by Gasteiger charge is 2.27. The van der Waals surface area contributed by atoms with Crippen LogP contribution in [0.15, 0.2) is 0 Å². The molecule has 2 fully saturated rings. The van der Waals surface area contributed by atoms with Gasteiger partial charge in [0.05, 0.1) is 13.2 Å². The van der Waals surface area contributed by atoms with E-state index < -0.39 is 0 Å². The summed E-state index contributed by atoms with van der Waals surface area (Å²) >= 11 is 0. The summed E-state index contributed by atoms with van der Waals surface area (Å²) in [7, 11) is 0. The monoisotopic (exact) mass is 354 g/mol. The van der Waals surface area contributed by atoms with Crippen molar-refractivity contribution in [1.29, 1.82) is 0 Å². The van der Waals surface area contributed by atoms with Crippen LogP contribution < -0.4 is 10.6 Å². The molecule has 4 N–H and O–H groups in total. The fourth-order valence-electron chi connectivity index (χ4n) is 4.36. The maximum Gasteiger partial charge on any atom is 0.222 e. The van der Waals surface area contributed by atoms with Crippen LogP contribution in [0.4, 0.5) is 0 Å². The predicted octanol–water partition coefficient (Wildman–Crippen LogP) is 1.49. The van der Waals surface area contributed by atoms with Crippen molar-refractivity contribution in [2.45, 2.75) is 82.7 Å². The third kappa shape index (κ3) is 7.32. The Morgan fingerprint density at radius 1 is 0.680 bits per heavy atom. The highest BCUT2D eigenvalue weighted by atomic mass is 16.3. The maximum atomic E-state index is 11.5. The summed E-state index contributed by atoms with van der Waals surface area (Å²) in [6, 6.07) is 0.570. The summed E-state index contributed by atoms with van der Waals surface area (Å²) in [5, 5.41) is 23.6. The molecule has 0 aromatic rings. The number of nitrogens with one attached hydrogen (secondary N) is 2. The Labute approximate surface area is 150 Å². The lowest BCUT2D eigenvalue weighted by Gasteiger charge is -2.34. The van der Waals surface area contributed by atoms with Gasteiger partial charge in [-0.3, -0.25) is 9.59 Å². The maximum absolute atomic E-state index is 11.5. The van der Waals surface area contributed by atoms with Crippen molar-refractivity contribution in [3.05, 3.63) is 0 Å². The summed E-state index contributed by atoms with van der Waals surface area (Å²) < 4.78 is 0. The van der Waals surface area contributed by atoms with Crippen LogP contribution >= 0.6 is 0 Å². The zero-order chi connectivity index (χ0) is 18.1. The van der Waals surface area contributed by atoms with E-state index in [9.17, 15) is 9.59 Å². The third-order valence-corrected chi connectivity index (χ3v) is 5.77. The molecule has 25 heavy (non-hydrogen) atoms. The van der Waals surface area contributed by atoms with Gasteiger partial charge in [0.1, 0.15) is 0 Å². The minimum atomic E-state index is -0.0791. The van der Waals surface area contributed by atoms with Crippen LogP contribution in [0.5, 0.6) is 0 Å². The standard InChI is InChI=1S/C19H34N2O4/c22-11-9-18(24)20-16-5-1-14(2-6-16)13-15-3-7-17(8-4-15)21-19(25)10-12-23/h14-17,22-23H,1-13H2,(H,20,24)(H,21,25). The Morgan fingerprint density at radius 3 is 1.36 bits per heavy atom. The number of carbonyl (C=O) groups is 2. The molecule has 0 aromatic carbocycles. The number of hydrogen-bond donors (Lipinski definition) is 4. The van der Waals surface area contributed by atoms with Gasteiger partial charge in [0.2, 0.25) is 11.8 Å². The number of aliphatic hydroxyl groups is 2. The average Bonchev–Trinajstić information content (AvgIpc) is 2.59. The van der Waals surface area contributed by atoms with E-state index in [2.05, 4.69) is 10.6 Å². The van der Waals surface area contributed by atoms with Crippen molar-refractivity contribution < 1.29 is 19.8 Å². The zero-order valence-corrected chi connectivity index (χ0v) is 15.2. The number of hydrogen-bond acceptors (Lipinski definition) is 4. The summed E-state index contributed by atoms with van der Waals surface area (Å²) in [4.78, 5) is 23.1. The third-order valence-electron chi connectivity index (χ3n) is 5.77. The van der Waals surface area contributed by atoms with E-state index in [1.807, 2.05) is 0 Å². The summed E-state index contributed by atoms with van der Waals surface area (Å²) in [6.07, 6.45) is 10.6. The van der Waals surface area contributed by atoms with Crippen molar-refractivity contribution in [3.63, 3.8) is 0 Å². The van der Waals surface area contributed by atoms with E-state index in [-0.39, 0.29) is 50.0 Å². The van der Waals surface area contributed by atoms with Crippen LogP contribution in [-0.4, -0.2) is 47.3 Å². The van der Waals surface area contributed by atoms with Gasteiger partial charge in [0, 0.05) is 24.9 Å². The smallest absolute Gasteiger partial charge is 0.222 e. The van der Waals surface area contributed by atoms with Gasteiger partial charge in [0.15, 0.2) is 0 Å². The lowest BCUT2D eigenvalue weighted by molar-refractivity contribution is -0.123. The number of amides is 2. The summed E-state index contributed by atoms with van der Waals surface area (Å²) in [5.74, 6) is 1.45. The van der Waals surface area contributed by atoms with E-state index in [1.165, 1.54) is 32.1 Å². The van der Waals surface area contributed by atoms with Crippen molar-refractivity contribution >= 4 is 11.8 Å². The molecule has 0 spiro atoms. The average molecular weight is 354 g/mol. The molecule has 2 saturated carbocycles. The van der Waals surface area contributed by atoms with Crippen LogP contribution in [-0.2, 0) is 9.59 Å². The van der Waals surface area contributed by atoms with Gasteiger partial charge in [0.25, 0.3) is 0 Å². The van der Waals surface area contributed by atoms with Gasteiger partial charge in [-0.05, 0) is 69.6 Å². The quantitative estimate of drug-likeness (QED) is 0.531. The van der Waals surface area contributed by atoms with E-state index >= 15 is 0 Å². The molecule has 0 atom stereocenters. The largest absolute Gasteiger partial charge is 0.396 e. The lowest BCUT2D eigenvalue weighted by Crippen LogP contribution is -2.39. The van der Waals surface area contributed by atoms with Gasteiger partial charge in [-0.15, -0.1) is 0 Å². The first-order valence-electron chi connectivity index (χ1n) is 9.91. The summed E-state index contributed by atoms with van der Waals surface area (Å²) in [6.45, 7) is -0.158. The first-order valence-corrected chi connectivity index (χ1v) is 9.91. The van der Waals surface area contributed by atoms with E-state index in [0.717, 1.165) is 37.5 Å². The zero-order valence-electron chi connectivity index (χ0n) is 15.2. The fourth-order valence-corrected chi connectivity index (χ4v) is 4.36. The Balaban J connectivity index is 1.60. The lowest BCUT2D eigenvalue weighted by atomic mass is 9.75. The molecule has 144 valence electrons. The molecule has 2 rings (SSSR count). The molecule has 0 aliphatic heterocycles. The van der Waals surface area contributed by atoms with Crippen LogP contribution in [0.25, 0.3) is 0 Å². The van der Waals surface area contributed by atoms with Crippen LogP contribution in [0.3, 0.4) is 0 Å². The second-order valence-electron chi connectivity index (χ2n) is 7.75. The van der Waals surface area contributed by atoms with Crippen molar-refractivity contribution in [2.75, 3.05) is 13.2 Å². The first-order chi connectivity index (χ1) is 12.1. The normalized spacial score (nSPS) is 29.8. The van der Waals surface area contributed by atoms with E-state index in [4.69, 9.17) is 10.2 Å². The minimum absolute atomic E-state index is 0.0347. The van der Waals surface area contributed by atoms with Gasteiger partial charge < -0.3 is 20.8 Å². The van der Waals surface area contributed by atoms with Crippen LogP contribution in [0.1, 0.15) is 70.6 Å². The van der Waals surface area contributed by atoms with Crippen LogP contribution in [0.2, 0.25) is 0 Å². The Kier molecular flexibility index (Phi) is 8.68. The SMILES string of the molecule is O=C(CCO)NC1CCC(CC2CCC(NC(=O)CCO)CC2)CC1. The Morgan fingerprint density at radius 2 is 1.04 bits per heavy atom. The van der Waals surface area contributed by atoms with Crippen molar-refractivity contribution in [3.8, 4) is 0 Å². The van der Waals surface area contributed by atoms with Crippen molar-refractivity contribution in [2.24, 2.45) is 11.8 Å². The molecule has 0 unspecified atom stereocenters. The fraction of sp³-hybridized carbons (Fsp3) is 0.895. The topological polar surface area (TPSA) is 98.7 Å². The molecular formula is C19H34N2O4. The molecular weight excluding hydrogens is 320 g/mol. The Hall–Kier alpha value is -1.14. The molecule has 0 bridgehead atoms. The molecule has 0 heterocycles. The molecule has 0 saturated heterocycles. The van der Waals surface area contributed by atoms with Crippen molar-refractivity contribution in [1.82, 2.24) is 10.6 Å². The van der Waals surface area contributed by atoms with Gasteiger partial charge in [-0.1, -0.05) is 0 Å². The van der Waals surface area contributed by atoms with Gasteiger partial charge in [-0.2, -0.15) is 0 Å². The van der Waals surface area contributed by atoms with E-state index in [0.29, 0.717) is 0 Å². The number of carbonyl (C=O) groups excluding carboxylic acids is 2. The molecule has 0 radical (unpaired) electrons. The molecule has 6 nitrogen and oxygen atoms in total. The molecule has 2 amide bonds. The highest BCUT2D eigenvalue weighted by Crippen LogP contribution is 2.35. The first kappa shape index (κ1) is 20.2. The minimum Gasteiger partial charge on any atom is -0.396 e. The molecule has 6 heteroatoms. The number of rotatable bonds is 8. The van der Waals surface area contributed by atoms with Crippen LogP contribution in [0, 0.1) is 11.8 Å². The second-order valence-corrected chi connectivity index (χ2v) is 7.75. The molecule has 2 aliphatic rings. The highest BCUT2D eigenvalue weighted by molar-refractivity contribution is 5.76. The predicted molar refractivity (Wildman–Crippen MR) is 95.8 cm³/mol. The molecule has 0 aromatic heterocycles. The van der Waals surface area contributed by atoms with Gasteiger partial charge in [-0.25, -0.2) is 0 Å². The summed E-state index contributed by atoms with van der Waals surface area (Å²) in [5.41, 5.74) is 0. The van der Waals surface area contributed by atoms with Gasteiger partial charge >= 0.3 is 0 Å². The number of aliphatic hydroxyl groups excluding tert-OH is 2.